The van der Waals surface area contributed by atoms with E-state index in [0.717, 1.165) is 24.8 Å². The zero-order valence-corrected chi connectivity index (χ0v) is 22.0. The van der Waals surface area contributed by atoms with Crippen LogP contribution < -0.4 is 10.0 Å². The molecule has 1 fully saturated rings. The van der Waals surface area contributed by atoms with E-state index in [2.05, 4.69) is 10.0 Å². The highest BCUT2D eigenvalue weighted by molar-refractivity contribution is 7.92. The lowest BCUT2D eigenvalue weighted by atomic mass is 10.2. The number of benzene rings is 3. The van der Waals surface area contributed by atoms with Crippen LogP contribution in [0.25, 0.3) is 0 Å². The maximum Gasteiger partial charge on any atom is 0.261 e. The molecule has 3 aromatic carbocycles. The molecule has 4 rings (SSSR count). The van der Waals surface area contributed by atoms with Crippen LogP contribution in [0.2, 0.25) is 5.02 Å². The summed E-state index contributed by atoms with van der Waals surface area (Å²) in [6.45, 7) is 2.80. The fraction of sp³-hybridized carbons (Fsp3) is 0.240. The SMILES string of the molecule is Cc1ccc(NS(=O)(=O)c2ccc(NC(=O)c3cc(S(=O)(=O)N4CCCCC4)ccc3Cl)cc2)cc1. The highest BCUT2D eigenvalue weighted by atomic mass is 35.5. The van der Waals surface area contributed by atoms with Gasteiger partial charge in [-0.3, -0.25) is 9.52 Å². The van der Waals surface area contributed by atoms with E-state index < -0.39 is 26.0 Å². The Hall–Kier alpha value is -2.92. The van der Waals surface area contributed by atoms with Crippen molar-refractivity contribution >= 4 is 48.9 Å². The minimum absolute atomic E-state index is 0.00238. The number of amides is 1. The average Bonchev–Trinajstić information content (AvgIpc) is 2.86. The first kappa shape index (κ1) is 26.2. The lowest BCUT2D eigenvalue weighted by Gasteiger charge is -2.26. The molecule has 2 N–H and O–H groups in total. The zero-order chi connectivity index (χ0) is 25.9. The van der Waals surface area contributed by atoms with Gasteiger partial charge in [-0.15, -0.1) is 0 Å². The van der Waals surface area contributed by atoms with Gasteiger partial charge in [-0.25, -0.2) is 16.8 Å². The number of hydrogen-bond donors (Lipinski definition) is 2. The van der Waals surface area contributed by atoms with Crippen LogP contribution in [-0.2, 0) is 20.0 Å². The van der Waals surface area contributed by atoms with E-state index in [1.54, 1.807) is 24.3 Å². The predicted molar refractivity (Wildman–Crippen MR) is 140 cm³/mol. The molecule has 0 spiro atoms. The van der Waals surface area contributed by atoms with Gasteiger partial charge in [0.25, 0.3) is 15.9 Å². The maximum atomic E-state index is 13.0. The van der Waals surface area contributed by atoms with Crippen LogP contribution in [0, 0.1) is 6.92 Å². The minimum Gasteiger partial charge on any atom is -0.322 e. The Morgan fingerprint density at radius 1 is 0.806 bits per heavy atom. The van der Waals surface area contributed by atoms with Crippen LogP contribution in [-0.4, -0.2) is 40.1 Å². The van der Waals surface area contributed by atoms with E-state index in [9.17, 15) is 21.6 Å². The lowest BCUT2D eigenvalue weighted by molar-refractivity contribution is 0.102. The fourth-order valence-electron chi connectivity index (χ4n) is 3.84. The summed E-state index contributed by atoms with van der Waals surface area (Å²) in [6.07, 6.45) is 2.58. The topological polar surface area (TPSA) is 113 Å². The quantitative estimate of drug-likeness (QED) is 0.438. The minimum atomic E-state index is -3.82. The van der Waals surface area contributed by atoms with Crippen molar-refractivity contribution in [2.24, 2.45) is 0 Å². The number of rotatable bonds is 7. The van der Waals surface area contributed by atoms with Crippen LogP contribution in [0.5, 0.6) is 0 Å². The van der Waals surface area contributed by atoms with Gasteiger partial charge in [0.05, 0.1) is 20.4 Å². The van der Waals surface area contributed by atoms with Crippen molar-refractivity contribution in [2.75, 3.05) is 23.1 Å². The number of nitrogens with zero attached hydrogens (tertiary/aromatic N) is 1. The molecule has 0 aliphatic carbocycles. The van der Waals surface area contributed by atoms with Crippen molar-refractivity contribution in [2.45, 2.75) is 36.0 Å². The van der Waals surface area contributed by atoms with Crippen molar-refractivity contribution in [1.82, 2.24) is 4.31 Å². The number of anilines is 2. The Morgan fingerprint density at radius 3 is 2.03 bits per heavy atom. The number of sulfonamides is 2. The molecule has 0 aromatic heterocycles. The number of aryl methyl sites for hydroxylation is 1. The molecular weight excluding hydrogens is 522 g/mol. The van der Waals surface area contributed by atoms with Gasteiger partial charge in [-0.2, -0.15) is 4.31 Å². The van der Waals surface area contributed by atoms with E-state index >= 15 is 0 Å². The second-order valence-corrected chi connectivity index (χ2v) is 12.6. The molecule has 0 bridgehead atoms. The van der Waals surface area contributed by atoms with Gasteiger partial charge in [0.2, 0.25) is 10.0 Å². The molecule has 1 amide bonds. The summed E-state index contributed by atoms with van der Waals surface area (Å²) in [4.78, 5) is 12.9. The van der Waals surface area contributed by atoms with Crippen LogP contribution in [0.3, 0.4) is 0 Å². The molecule has 0 atom stereocenters. The first-order chi connectivity index (χ1) is 17.1. The molecule has 11 heteroatoms. The molecule has 0 saturated carbocycles. The molecule has 36 heavy (non-hydrogen) atoms. The highest BCUT2D eigenvalue weighted by Crippen LogP contribution is 2.26. The summed E-state index contributed by atoms with van der Waals surface area (Å²) in [7, 11) is -7.56. The van der Waals surface area contributed by atoms with Crippen molar-refractivity contribution in [3.8, 4) is 0 Å². The second-order valence-electron chi connectivity index (χ2n) is 8.56. The predicted octanol–water partition coefficient (Wildman–Crippen LogP) is 4.88. The van der Waals surface area contributed by atoms with E-state index in [0.29, 0.717) is 24.5 Å². The van der Waals surface area contributed by atoms with Gasteiger partial charge < -0.3 is 5.32 Å². The third-order valence-corrected chi connectivity index (χ3v) is 9.48. The number of hydrogen-bond acceptors (Lipinski definition) is 5. The highest BCUT2D eigenvalue weighted by Gasteiger charge is 2.27. The Morgan fingerprint density at radius 2 is 1.39 bits per heavy atom. The summed E-state index contributed by atoms with van der Waals surface area (Å²) in [5.41, 5.74) is 1.78. The molecule has 190 valence electrons. The van der Waals surface area contributed by atoms with E-state index in [1.807, 2.05) is 6.92 Å². The first-order valence-electron chi connectivity index (χ1n) is 11.4. The van der Waals surface area contributed by atoms with Crippen molar-refractivity contribution in [3.05, 3.63) is 82.9 Å². The van der Waals surface area contributed by atoms with Gasteiger partial charge in [0.15, 0.2) is 0 Å². The van der Waals surface area contributed by atoms with Crippen LogP contribution in [0.4, 0.5) is 11.4 Å². The normalized spacial score (nSPS) is 14.8. The van der Waals surface area contributed by atoms with Crippen LogP contribution in [0.1, 0.15) is 35.2 Å². The Kier molecular flexibility index (Phi) is 7.70. The van der Waals surface area contributed by atoms with E-state index in [4.69, 9.17) is 11.6 Å². The van der Waals surface area contributed by atoms with Gasteiger partial charge in [0.1, 0.15) is 0 Å². The molecule has 3 aromatic rings. The number of halogens is 1. The number of nitrogens with one attached hydrogen (secondary N) is 2. The van der Waals surface area contributed by atoms with Crippen LogP contribution in [0.15, 0.2) is 76.5 Å². The van der Waals surface area contributed by atoms with Crippen molar-refractivity contribution in [3.63, 3.8) is 0 Å². The summed E-state index contributed by atoms with van der Waals surface area (Å²) in [6, 6.07) is 16.6. The van der Waals surface area contributed by atoms with E-state index in [1.165, 1.54) is 46.8 Å². The molecule has 1 aliphatic heterocycles. The average molecular weight is 548 g/mol. The molecular formula is C25H26ClN3O5S2. The smallest absolute Gasteiger partial charge is 0.261 e. The lowest BCUT2D eigenvalue weighted by Crippen LogP contribution is -2.35. The molecule has 1 heterocycles. The largest absolute Gasteiger partial charge is 0.322 e. The fourth-order valence-corrected chi connectivity index (χ4v) is 6.65. The number of carbonyl (C=O) groups is 1. The Labute approximate surface area is 216 Å². The Bertz CT molecular complexity index is 1470. The monoisotopic (exact) mass is 547 g/mol. The summed E-state index contributed by atoms with van der Waals surface area (Å²) < 4.78 is 55.3. The molecule has 1 aliphatic rings. The van der Waals surface area contributed by atoms with E-state index in [-0.39, 0.29) is 20.4 Å². The summed E-state index contributed by atoms with van der Waals surface area (Å²) in [5, 5.41) is 2.75. The standard InChI is InChI=1S/C25H26ClN3O5S2/c1-18-5-7-20(8-6-18)28-35(31,32)21-11-9-19(10-12-21)27-25(30)23-17-22(13-14-24(23)26)36(33,34)29-15-3-2-4-16-29/h5-14,17,28H,2-4,15-16H2,1H3,(H,27,30). The number of carbonyl (C=O) groups excluding carboxylic acids is 1. The summed E-state index contributed by atoms with van der Waals surface area (Å²) >= 11 is 6.21. The van der Waals surface area contributed by atoms with Crippen molar-refractivity contribution in [1.29, 1.82) is 0 Å². The molecule has 8 nitrogen and oxygen atoms in total. The van der Waals surface area contributed by atoms with Gasteiger partial charge >= 0.3 is 0 Å². The number of piperidine rings is 1. The molecule has 1 saturated heterocycles. The zero-order valence-electron chi connectivity index (χ0n) is 19.6. The van der Waals surface area contributed by atoms with Crippen molar-refractivity contribution < 1.29 is 21.6 Å². The molecule has 0 radical (unpaired) electrons. The summed E-state index contributed by atoms with van der Waals surface area (Å²) in [5.74, 6) is -0.607. The second kappa shape index (κ2) is 10.6. The maximum absolute atomic E-state index is 13.0. The van der Waals surface area contributed by atoms with Gasteiger partial charge in [-0.05, 0) is 74.4 Å². The molecule has 0 unspecified atom stereocenters. The van der Waals surface area contributed by atoms with Gasteiger partial charge in [-0.1, -0.05) is 35.7 Å². The Balaban J connectivity index is 1.49. The van der Waals surface area contributed by atoms with Gasteiger partial charge in [0, 0.05) is 24.5 Å². The third-order valence-electron chi connectivity index (χ3n) is 5.86. The van der Waals surface area contributed by atoms with Crippen LogP contribution >= 0.6 is 11.6 Å². The third kappa shape index (κ3) is 5.89. The first-order valence-corrected chi connectivity index (χ1v) is 14.7.